The second kappa shape index (κ2) is 10.7. The van der Waals surface area contributed by atoms with Crippen LogP contribution in [0.5, 0.6) is 11.5 Å². The van der Waals surface area contributed by atoms with Gasteiger partial charge in [0.15, 0.2) is 0 Å². The fourth-order valence-electron chi connectivity index (χ4n) is 3.87. The average molecular weight is 444 g/mol. The number of aromatic nitrogens is 2. The van der Waals surface area contributed by atoms with Crippen LogP contribution < -0.4 is 14.8 Å². The van der Waals surface area contributed by atoms with Crippen LogP contribution in [0, 0.1) is 6.92 Å². The van der Waals surface area contributed by atoms with Crippen LogP contribution in [-0.2, 0) is 13.1 Å². The van der Waals surface area contributed by atoms with E-state index in [1.807, 2.05) is 48.5 Å². The van der Waals surface area contributed by atoms with Gasteiger partial charge in [0, 0.05) is 6.54 Å². The Morgan fingerprint density at radius 2 is 1.67 bits per heavy atom. The molecule has 0 atom stereocenters. The van der Waals surface area contributed by atoms with Crippen LogP contribution in [0.3, 0.4) is 0 Å². The lowest BCUT2D eigenvalue weighted by molar-refractivity contribution is 0.0946. The minimum absolute atomic E-state index is 0.183. The van der Waals surface area contributed by atoms with Gasteiger partial charge in [0.25, 0.3) is 5.91 Å². The van der Waals surface area contributed by atoms with Gasteiger partial charge in [-0.2, -0.15) is 0 Å². The number of methoxy groups -OCH3 is 1. The summed E-state index contributed by atoms with van der Waals surface area (Å²) in [6.45, 7) is 3.86. The highest BCUT2D eigenvalue weighted by Gasteiger charge is 2.14. The molecular weight excluding hydrogens is 414 g/mol. The summed E-state index contributed by atoms with van der Waals surface area (Å²) in [5.74, 6) is 2.14. The number of fused-ring (bicyclic) bond motifs is 1. The van der Waals surface area contributed by atoms with Gasteiger partial charge in [0.2, 0.25) is 0 Å². The Hall–Kier alpha value is -3.80. The summed E-state index contributed by atoms with van der Waals surface area (Å²) in [6, 6.07) is 23.3. The van der Waals surface area contributed by atoms with Crippen molar-refractivity contribution in [3.63, 3.8) is 0 Å². The number of carbonyl (C=O) groups excluding carboxylic acids is 1. The first kappa shape index (κ1) is 22.4. The molecule has 0 saturated heterocycles. The number of amides is 1. The molecule has 4 aromatic rings. The van der Waals surface area contributed by atoms with E-state index in [9.17, 15) is 4.79 Å². The summed E-state index contributed by atoms with van der Waals surface area (Å²) < 4.78 is 13.4. The van der Waals surface area contributed by atoms with Gasteiger partial charge in [0.1, 0.15) is 17.3 Å². The molecule has 0 aliphatic heterocycles. The average Bonchev–Trinajstić information content (AvgIpc) is 3.20. The van der Waals surface area contributed by atoms with Crippen molar-refractivity contribution in [2.45, 2.75) is 32.9 Å². The number of para-hydroxylation sites is 4. The third-order valence-corrected chi connectivity index (χ3v) is 5.62. The van der Waals surface area contributed by atoms with Crippen molar-refractivity contribution in [3.8, 4) is 11.5 Å². The van der Waals surface area contributed by atoms with E-state index in [2.05, 4.69) is 28.9 Å². The molecule has 0 aliphatic rings. The van der Waals surface area contributed by atoms with Crippen LogP contribution in [0.15, 0.2) is 72.8 Å². The Kier molecular flexibility index (Phi) is 7.25. The first-order valence-electron chi connectivity index (χ1n) is 11.2. The van der Waals surface area contributed by atoms with Gasteiger partial charge in [-0.3, -0.25) is 4.79 Å². The van der Waals surface area contributed by atoms with Gasteiger partial charge >= 0.3 is 0 Å². The number of hydrogen-bond acceptors (Lipinski definition) is 4. The largest absolute Gasteiger partial charge is 0.496 e. The smallest absolute Gasteiger partial charge is 0.255 e. The number of aryl methyl sites for hydroxylation is 2. The fraction of sp³-hybridized carbons (Fsp3) is 0.259. The quantitative estimate of drug-likeness (QED) is 0.345. The van der Waals surface area contributed by atoms with E-state index in [0.29, 0.717) is 24.5 Å². The highest BCUT2D eigenvalue weighted by molar-refractivity contribution is 5.96. The van der Waals surface area contributed by atoms with Crippen molar-refractivity contribution in [2.75, 3.05) is 13.7 Å². The summed E-state index contributed by atoms with van der Waals surface area (Å²) in [7, 11) is 1.56. The first-order valence-corrected chi connectivity index (χ1v) is 11.2. The standard InChI is InChI=1S/C27H29N3O3/c1-20-11-3-7-15-24(20)33-18-10-9-17-30-23-14-6-5-13-22(23)29-26(30)19-28-27(31)21-12-4-8-16-25(21)32-2/h3-8,11-16H,9-10,17-19H2,1-2H3,(H,28,31). The molecule has 33 heavy (non-hydrogen) atoms. The number of imidazole rings is 1. The summed E-state index contributed by atoms with van der Waals surface area (Å²) in [5, 5.41) is 2.99. The zero-order valence-corrected chi connectivity index (χ0v) is 19.1. The zero-order valence-electron chi connectivity index (χ0n) is 19.1. The van der Waals surface area contributed by atoms with Crippen molar-refractivity contribution >= 4 is 16.9 Å². The number of rotatable bonds is 10. The van der Waals surface area contributed by atoms with Gasteiger partial charge in [-0.25, -0.2) is 4.98 Å². The summed E-state index contributed by atoms with van der Waals surface area (Å²) in [4.78, 5) is 17.5. The van der Waals surface area contributed by atoms with Crippen LogP contribution in [0.2, 0.25) is 0 Å². The molecule has 0 aliphatic carbocycles. The molecule has 0 bridgehead atoms. The molecule has 1 N–H and O–H groups in total. The Morgan fingerprint density at radius 3 is 2.48 bits per heavy atom. The van der Waals surface area contributed by atoms with E-state index in [1.54, 1.807) is 19.2 Å². The van der Waals surface area contributed by atoms with Crippen LogP contribution >= 0.6 is 0 Å². The number of nitrogens with zero attached hydrogens (tertiary/aromatic N) is 2. The number of hydrogen-bond donors (Lipinski definition) is 1. The number of carbonyl (C=O) groups is 1. The molecule has 0 radical (unpaired) electrons. The molecule has 1 heterocycles. The Morgan fingerprint density at radius 1 is 0.939 bits per heavy atom. The molecule has 6 heteroatoms. The number of nitrogens with one attached hydrogen (secondary N) is 1. The molecule has 6 nitrogen and oxygen atoms in total. The van der Waals surface area contributed by atoms with Crippen LogP contribution in [0.1, 0.15) is 34.6 Å². The maximum Gasteiger partial charge on any atom is 0.255 e. The third-order valence-electron chi connectivity index (χ3n) is 5.62. The molecule has 0 fully saturated rings. The van der Waals surface area contributed by atoms with Gasteiger partial charge < -0.3 is 19.4 Å². The number of ether oxygens (including phenoxy) is 2. The Balaban J connectivity index is 1.40. The van der Waals surface area contributed by atoms with Gasteiger partial charge in [-0.1, -0.05) is 42.5 Å². The normalized spacial score (nSPS) is 10.8. The summed E-state index contributed by atoms with van der Waals surface area (Å²) in [5.41, 5.74) is 3.65. The second-order valence-electron chi connectivity index (χ2n) is 7.87. The number of benzene rings is 3. The van der Waals surface area contributed by atoms with Crippen molar-refractivity contribution in [3.05, 3.63) is 89.7 Å². The maximum atomic E-state index is 12.7. The van der Waals surface area contributed by atoms with E-state index in [-0.39, 0.29) is 5.91 Å². The summed E-state index contributed by atoms with van der Waals surface area (Å²) in [6.07, 6.45) is 1.87. The van der Waals surface area contributed by atoms with Crippen molar-refractivity contribution in [2.24, 2.45) is 0 Å². The highest BCUT2D eigenvalue weighted by atomic mass is 16.5. The lowest BCUT2D eigenvalue weighted by Gasteiger charge is -2.12. The van der Waals surface area contributed by atoms with Crippen LogP contribution in [0.4, 0.5) is 0 Å². The van der Waals surface area contributed by atoms with E-state index in [4.69, 9.17) is 14.5 Å². The topological polar surface area (TPSA) is 65.4 Å². The molecule has 0 unspecified atom stereocenters. The number of unbranched alkanes of at least 4 members (excludes halogenated alkanes) is 1. The molecule has 0 spiro atoms. The molecular formula is C27H29N3O3. The summed E-state index contributed by atoms with van der Waals surface area (Å²) >= 11 is 0. The predicted molar refractivity (Wildman–Crippen MR) is 130 cm³/mol. The lowest BCUT2D eigenvalue weighted by Crippen LogP contribution is -2.25. The van der Waals surface area contributed by atoms with E-state index >= 15 is 0 Å². The maximum absolute atomic E-state index is 12.7. The molecule has 0 saturated carbocycles. The SMILES string of the molecule is COc1ccccc1C(=O)NCc1nc2ccccc2n1CCCCOc1ccccc1C. The first-order chi connectivity index (χ1) is 16.2. The van der Waals surface area contributed by atoms with Crippen molar-refractivity contribution in [1.29, 1.82) is 0 Å². The van der Waals surface area contributed by atoms with Gasteiger partial charge in [0.05, 0.1) is 36.9 Å². The van der Waals surface area contributed by atoms with Gasteiger partial charge in [-0.15, -0.1) is 0 Å². The Labute approximate surface area is 194 Å². The van der Waals surface area contributed by atoms with E-state index in [1.165, 1.54) is 0 Å². The minimum atomic E-state index is -0.183. The lowest BCUT2D eigenvalue weighted by atomic mass is 10.2. The monoisotopic (exact) mass is 443 g/mol. The van der Waals surface area contributed by atoms with Gasteiger partial charge in [-0.05, 0) is 55.7 Å². The third kappa shape index (κ3) is 5.34. The van der Waals surface area contributed by atoms with E-state index < -0.39 is 0 Å². The highest BCUT2D eigenvalue weighted by Crippen LogP contribution is 2.20. The molecule has 1 aromatic heterocycles. The Bertz CT molecular complexity index is 1230. The zero-order chi connectivity index (χ0) is 23.0. The second-order valence-corrected chi connectivity index (χ2v) is 7.87. The molecule has 170 valence electrons. The van der Waals surface area contributed by atoms with Crippen LogP contribution in [0.25, 0.3) is 11.0 Å². The van der Waals surface area contributed by atoms with Crippen molar-refractivity contribution < 1.29 is 14.3 Å². The minimum Gasteiger partial charge on any atom is -0.496 e. The predicted octanol–water partition coefficient (Wildman–Crippen LogP) is 5.14. The van der Waals surface area contributed by atoms with Crippen LogP contribution in [-0.4, -0.2) is 29.2 Å². The molecule has 3 aromatic carbocycles. The molecule has 4 rings (SSSR count). The molecule has 1 amide bonds. The van der Waals surface area contributed by atoms with Crippen molar-refractivity contribution in [1.82, 2.24) is 14.9 Å². The fourth-order valence-corrected chi connectivity index (χ4v) is 3.87. The van der Waals surface area contributed by atoms with E-state index in [0.717, 1.165) is 47.6 Å².